The van der Waals surface area contributed by atoms with Crippen LogP contribution in [0.3, 0.4) is 0 Å². The van der Waals surface area contributed by atoms with Crippen molar-refractivity contribution in [2.75, 3.05) is 6.79 Å². The van der Waals surface area contributed by atoms with Crippen LogP contribution in [-0.4, -0.2) is 26.6 Å². The first-order chi connectivity index (χ1) is 15.3. The van der Waals surface area contributed by atoms with E-state index in [2.05, 4.69) is 40.2 Å². The third-order valence-corrected chi connectivity index (χ3v) is 6.22. The maximum atomic E-state index is 5.61. The molecule has 1 unspecified atom stereocenters. The zero-order chi connectivity index (χ0) is 20.6. The van der Waals surface area contributed by atoms with E-state index in [1.54, 1.807) is 0 Å². The summed E-state index contributed by atoms with van der Waals surface area (Å²) in [7, 11) is 0. The Labute approximate surface area is 180 Å². The second-order valence-corrected chi connectivity index (χ2v) is 8.25. The number of aryl methyl sites for hydroxylation is 1. The second kappa shape index (κ2) is 7.71. The van der Waals surface area contributed by atoms with E-state index in [9.17, 15) is 0 Å². The molecule has 0 amide bonds. The molecule has 0 radical (unpaired) electrons. The number of fused-ring (bicyclic) bond motifs is 3. The van der Waals surface area contributed by atoms with Crippen LogP contribution in [-0.2, 0) is 19.5 Å². The fourth-order valence-corrected chi connectivity index (χ4v) is 4.76. The van der Waals surface area contributed by atoms with Crippen molar-refractivity contribution in [3.05, 3.63) is 83.4 Å². The van der Waals surface area contributed by atoms with Crippen LogP contribution >= 0.6 is 0 Å². The summed E-state index contributed by atoms with van der Waals surface area (Å²) < 4.78 is 11.1. The van der Waals surface area contributed by atoms with Gasteiger partial charge in [0.05, 0.1) is 29.3 Å². The topological polar surface area (TPSA) is 63.3 Å². The molecule has 1 atom stereocenters. The molecule has 1 N–H and O–H groups in total. The van der Waals surface area contributed by atoms with E-state index < -0.39 is 0 Å². The Kier molecular flexibility index (Phi) is 4.57. The minimum absolute atomic E-state index is 0.253. The van der Waals surface area contributed by atoms with Gasteiger partial charge in [-0.05, 0) is 60.7 Å². The van der Waals surface area contributed by atoms with Gasteiger partial charge >= 0.3 is 0 Å². The van der Waals surface area contributed by atoms with Crippen molar-refractivity contribution >= 4 is 11.0 Å². The number of nitrogens with zero attached hydrogens (tertiary/aromatic N) is 3. The van der Waals surface area contributed by atoms with Gasteiger partial charge in [-0.3, -0.25) is 9.88 Å². The van der Waals surface area contributed by atoms with Gasteiger partial charge in [0.15, 0.2) is 11.5 Å². The van der Waals surface area contributed by atoms with Gasteiger partial charge in [0, 0.05) is 12.7 Å². The largest absolute Gasteiger partial charge is 0.454 e. The van der Waals surface area contributed by atoms with Crippen molar-refractivity contribution in [3.63, 3.8) is 0 Å². The Morgan fingerprint density at radius 3 is 2.90 bits per heavy atom. The number of imidazole rings is 1. The quantitative estimate of drug-likeness (QED) is 0.512. The number of aromatic nitrogens is 3. The van der Waals surface area contributed by atoms with Crippen LogP contribution in [0.4, 0.5) is 0 Å². The molecule has 6 nitrogen and oxygen atoms in total. The third-order valence-electron chi connectivity index (χ3n) is 6.22. The normalized spacial score (nSPS) is 17.3. The summed E-state index contributed by atoms with van der Waals surface area (Å²) in [4.78, 5) is 15.6. The molecule has 2 aromatic carbocycles. The van der Waals surface area contributed by atoms with Crippen molar-refractivity contribution in [1.29, 1.82) is 0 Å². The molecule has 156 valence electrons. The monoisotopic (exact) mass is 412 g/mol. The standard InChI is InChI=1S/C25H24N4O2/c1-2-8-20-19(7-1)27-24(28-20)15-29(14-17-10-11-22-23(13-17)31-16-30-22)21-9-3-5-18-6-4-12-26-25(18)21/h1-2,4,6-8,10-13,21H,3,5,9,14-16H2,(H,27,28). The van der Waals surface area contributed by atoms with E-state index in [0.29, 0.717) is 6.79 Å². The summed E-state index contributed by atoms with van der Waals surface area (Å²) in [5.41, 5.74) is 5.83. The van der Waals surface area contributed by atoms with Gasteiger partial charge < -0.3 is 14.5 Å². The maximum Gasteiger partial charge on any atom is 0.231 e. The molecular formula is C25H24N4O2. The van der Waals surface area contributed by atoms with Crippen LogP contribution in [0, 0.1) is 0 Å². The maximum absolute atomic E-state index is 5.61. The number of ether oxygens (including phenoxy) is 2. The predicted octanol–water partition coefficient (Wildman–Crippen LogP) is 4.77. The molecule has 2 aromatic heterocycles. The highest BCUT2D eigenvalue weighted by Gasteiger charge is 2.28. The molecule has 0 saturated carbocycles. The smallest absolute Gasteiger partial charge is 0.231 e. The number of benzene rings is 2. The summed E-state index contributed by atoms with van der Waals surface area (Å²) >= 11 is 0. The van der Waals surface area contributed by atoms with Crippen LogP contribution in [0.2, 0.25) is 0 Å². The lowest BCUT2D eigenvalue weighted by Crippen LogP contribution is -2.31. The van der Waals surface area contributed by atoms with Gasteiger partial charge in [-0.25, -0.2) is 4.98 Å². The summed E-state index contributed by atoms with van der Waals surface area (Å²) in [6.07, 6.45) is 5.27. The minimum Gasteiger partial charge on any atom is -0.454 e. The summed E-state index contributed by atoms with van der Waals surface area (Å²) in [5.74, 6) is 2.62. The number of aromatic amines is 1. The first kappa shape index (κ1) is 18.4. The number of hydrogen-bond acceptors (Lipinski definition) is 5. The zero-order valence-electron chi connectivity index (χ0n) is 17.3. The van der Waals surface area contributed by atoms with Gasteiger partial charge in [0.1, 0.15) is 5.82 Å². The third kappa shape index (κ3) is 3.53. The van der Waals surface area contributed by atoms with Crippen LogP contribution in [0.15, 0.2) is 60.8 Å². The van der Waals surface area contributed by atoms with E-state index in [4.69, 9.17) is 19.4 Å². The molecule has 0 fully saturated rings. The molecule has 0 spiro atoms. The Morgan fingerprint density at radius 1 is 1.00 bits per heavy atom. The molecule has 2 aliphatic rings. The lowest BCUT2D eigenvalue weighted by atomic mass is 9.90. The summed E-state index contributed by atoms with van der Waals surface area (Å²) in [6.45, 7) is 1.81. The molecule has 6 rings (SSSR count). The van der Waals surface area contributed by atoms with Gasteiger partial charge in [0.25, 0.3) is 0 Å². The Morgan fingerprint density at radius 2 is 1.94 bits per heavy atom. The first-order valence-corrected chi connectivity index (χ1v) is 10.8. The molecule has 1 aliphatic heterocycles. The fraction of sp³-hybridized carbons (Fsp3) is 0.280. The van der Waals surface area contributed by atoms with Crippen molar-refractivity contribution in [3.8, 4) is 11.5 Å². The summed E-state index contributed by atoms with van der Waals surface area (Å²) in [5, 5.41) is 0. The average Bonchev–Trinajstić information content (AvgIpc) is 3.44. The number of nitrogens with one attached hydrogen (secondary N) is 1. The Hall–Kier alpha value is -3.38. The minimum atomic E-state index is 0.253. The van der Waals surface area contributed by atoms with Gasteiger partial charge in [0.2, 0.25) is 6.79 Å². The van der Waals surface area contributed by atoms with E-state index in [1.165, 1.54) is 23.2 Å². The SMILES string of the molecule is c1cnc2c(c1)CCCC2N(Cc1ccc2c(c1)OCO2)Cc1nc2ccccc2[nH]1. The second-order valence-electron chi connectivity index (χ2n) is 8.25. The molecule has 31 heavy (non-hydrogen) atoms. The number of H-pyrrole nitrogens is 1. The predicted molar refractivity (Wildman–Crippen MR) is 118 cm³/mol. The fourth-order valence-electron chi connectivity index (χ4n) is 4.76. The lowest BCUT2D eigenvalue weighted by molar-refractivity contribution is 0.153. The highest BCUT2D eigenvalue weighted by molar-refractivity contribution is 5.74. The molecule has 3 heterocycles. The van der Waals surface area contributed by atoms with Crippen molar-refractivity contribution in [2.45, 2.75) is 38.4 Å². The zero-order valence-corrected chi connectivity index (χ0v) is 17.3. The van der Waals surface area contributed by atoms with Crippen LogP contribution < -0.4 is 9.47 Å². The van der Waals surface area contributed by atoms with Gasteiger partial charge in [-0.1, -0.05) is 24.3 Å². The van der Waals surface area contributed by atoms with Crippen LogP contribution in [0.1, 0.15) is 41.5 Å². The van der Waals surface area contributed by atoms with Crippen molar-refractivity contribution in [2.24, 2.45) is 0 Å². The van der Waals surface area contributed by atoms with Crippen molar-refractivity contribution in [1.82, 2.24) is 19.9 Å². The van der Waals surface area contributed by atoms with Gasteiger partial charge in [-0.15, -0.1) is 0 Å². The Bertz CT molecular complexity index is 1200. The summed E-state index contributed by atoms with van der Waals surface area (Å²) in [6, 6.07) is 18.9. The number of hydrogen-bond donors (Lipinski definition) is 1. The average molecular weight is 412 g/mol. The molecule has 4 aromatic rings. The van der Waals surface area contributed by atoms with Crippen molar-refractivity contribution < 1.29 is 9.47 Å². The molecule has 0 bridgehead atoms. The van der Waals surface area contributed by atoms with Crippen LogP contribution in [0.5, 0.6) is 11.5 Å². The first-order valence-electron chi connectivity index (χ1n) is 10.8. The molecule has 6 heteroatoms. The molecular weight excluding hydrogens is 388 g/mol. The highest BCUT2D eigenvalue weighted by Crippen LogP contribution is 2.37. The number of para-hydroxylation sites is 2. The van der Waals surface area contributed by atoms with Crippen LogP contribution in [0.25, 0.3) is 11.0 Å². The van der Waals surface area contributed by atoms with Gasteiger partial charge in [-0.2, -0.15) is 0 Å². The van der Waals surface area contributed by atoms with E-state index in [1.807, 2.05) is 30.5 Å². The van der Waals surface area contributed by atoms with E-state index in [0.717, 1.165) is 54.3 Å². The molecule has 0 saturated heterocycles. The highest BCUT2D eigenvalue weighted by atomic mass is 16.7. The van der Waals surface area contributed by atoms with E-state index in [-0.39, 0.29) is 6.04 Å². The number of rotatable bonds is 5. The number of pyridine rings is 1. The Balaban J connectivity index is 1.35. The van der Waals surface area contributed by atoms with E-state index >= 15 is 0 Å². The lowest BCUT2D eigenvalue weighted by Gasteiger charge is -2.34. The molecule has 1 aliphatic carbocycles.